The van der Waals surface area contributed by atoms with Crippen molar-refractivity contribution in [2.45, 2.75) is 59.4 Å². The summed E-state index contributed by atoms with van der Waals surface area (Å²) < 4.78 is 10.7. The van der Waals surface area contributed by atoms with Gasteiger partial charge in [-0.3, -0.25) is 4.79 Å². The maximum absolute atomic E-state index is 13.4. The highest BCUT2D eigenvalue weighted by Crippen LogP contribution is 2.41. The van der Waals surface area contributed by atoms with Crippen molar-refractivity contribution in [3.8, 4) is 0 Å². The van der Waals surface area contributed by atoms with Gasteiger partial charge in [0.05, 0.1) is 23.2 Å². The van der Waals surface area contributed by atoms with Crippen molar-refractivity contribution in [3.05, 3.63) is 40.5 Å². The predicted octanol–water partition coefficient (Wildman–Crippen LogP) is 4.26. The molecule has 0 saturated heterocycles. The molecular formula is C21H26N4O3. The van der Waals surface area contributed by atoms with Crippen LogP contribution in [0.25, 0.3) is 11.1 Å². The second-order valence-corrected chi connectivity index (χ2v) is 9.01. The van der Waals surface area contributed by atoms with E-state index >= 15 is 0 Å². The van der Waals surface area contributed by atoms with E-state index in [0.717, 1.165) is 41.1 Å². The van der Waals surface area contributed by atoms with Gasteiger partial charge in [-0.2, -0.15) is 0 Å². The molecule has 7 nitrogen and oxygen atoms in total. The minimum atomic E-state index is -0.0895. The van der Waals surface area contributed by atoms with Gasteiger partial charge < -0.3 is 13.9 Å². The Bertz CT molecular complexity index is 1020. The summed E-state index contributed by atoms with van der Waals surface area (Å²) >= 11 is 0. The van der Waals surface area contributed by atoms with Crippen LogP contribution in [0.5, 0.6) is 0 Å². The van der Waals surface area contributed by atoms with E-state index in [0.29, 0.717) is 30.2 Å². The summed E-state index contributed by atoms with van der Waals surface area (Å²) in [7, 11) is 1.77. The molecule has 3 heterocycles. The molecule has 0 radical (unpaired) electrons. The van der Waals surface area contributed by atoms with Crippen molar-refractivity contribution in [1.29, 1.82) is 0 Å². The Morgan fingerprint density at radius 1 is 1.21 bits per heavy atom. The highest BCUT2D eigenvalue weighted by molar-refractivity contribution is 6.06. The molecule has 4 rings (SSSR count). The second kappa shape index (κ2) is 6.72. The molecule has 0 N–H and O–H groups in total. The molecule has 1 saturated carbocycles. The molecule has 3 aromatic rings. The average molecular weight is 382 g/mol. The highest BCUT2D eigenvalue weighted by Gasteiger charge is 2.30. The van der Waals surface area contributed by atoms with Crippen molar-refractivity contribution < 1.29 is 13.8 Å². The quantitative estimate of drug-likeness (QED) is 0.655. The highest BCUT2D eigenvalue weighted by atomic mass is 16.5. The first-order valence-electron chi connectivity index (χ1n) is 9.68. The molecule has 1 amide bonds. The van der Waals surface area contributed by atoms with E-state index in [2.05, 4.69) is 36.1 Å². The van der Waals surface area contributed by atoms with E-state index in [-0.39, 0.29) is 11.3 Å². The van der Waals surface area contributed by atoms with Crippen molar-refractivity contribution in [3.63, 3.8) is 0 Å². The van der Waals surface area contributed by atoms with E-state index in [1.54, 1.807) is 11.9 Å². The molecule has 1 aliphatic carbocycles. The van der Waals surface area contributed by atoms with Gasteiger partial charge in [-0.25, -0.2) is 4.98 Å². The van der Waals surface area contributed by atoms with Gasteiger partial charge in [0, 0.05) is 24.7 Å². The Balaban J connectivity index is 1.74. The topological polar surface area (TPSA) is 85.3 Å². The lowest BCUT2D eigenvalue weighted by Gasteiger charge is -2.18. The number of fused-ring (bicyclic) bond motifs is 1. The van der Waals surface area contributed by atoms with E-state index in [1.165, 1.54) is 0 Å². The molecule has 0 spiro atoms. The number of pyridine rings is 1. The molecule has 1 aliphatic rings. The number of hydrogen-bond acceptors (Lipinski definition) is 6. The Kier molecular flexibility index (Phi) is 4.48. The minimum Gasteiger partial charge on any atom is -0.361 e. The van der Waals surface area contributed by atoms with Crippen LogP contribution in [0, 0.1) is 12.3 Å². The molecule has 1 fully saturated rings. The summed E-state index contributed by atoms with van der Waals surface area (Å²) in [5, 5.41) is 8.98. The molecule has 3 aromatic heterocycles. The van der Waals surface area contributed by atoms with Crippen LogP contribution in [0.1, 0.15) is 72.7 Å². The molecular weight excluding hydrogens is 356 g/mol. The predicted molar refractivity (Wildman–Crippen MR) is 104 cm³/mol. The number of amides is 1. The van der Waals surface area contributed by atoms with E-state index < -0.39 is 0 Å². The fourth-order valence-electron chi connectivity index (χ4n) is 3.42. The monoisotopic (exact) mass is 382 g/mol. The van der Waals surface area contributed by atoms with E-state index in [1.807, 2.05) is 19.1 Å². The lowest BCUT2D eigenvalue weighted by Crippen LogP contribution is -2.27. The lowest BCUT2D eigenvalue weighted by atomic mass is 9.89. The first-order valence-corrected chi connectivity index (χ1v) is 9.68. The first-order chi connectivity index (χ1) is 13.2. The largest absolute Gasteiger partial charge is 0.361 e. The van der Waals surface area contributed by atoms with Crippen LogP contribution < -0.4 is 0 Å². The van der Waals surface area contributed by atoms with Crippen LogP contribution >= 0.6 is 0 Å². The van der Waals surface area contributed by atoms with Crippen LogP contribution in [0.15, 0.2) is 21.2 Å². The number of hydrogen-bond donors (Lipinski definition) is 0. The summed E-state index contributed by atoms with van der Waals surface area (Å²) in [6, 6.07) is 3.77. The van der Waals surface area contributed by atoms with Crippen LogP contribution in [0.2, 0.25) is 0 Å². The molecule has 0 aromatic carbocycles. The average Bonchev–Trinajstić information content (AvgIpc) is 3.29. The Labute approximate surface area is 164 Å². The summed E-state index contributed by atoms with van der Waals surface area (Å²) in [6.45, 7) is 8.63. The van der Waals surface area contributed by atoms with Crippen molar-refractivity contribution in [2.75, 3.05) is 7.05 Å². The number of aryl methyl sites for hydroxylation is 1. The minimum absolute atomic E-state index is 0.0173. The number of carbonyl (C=O) groups is 1. The maximum Gasteiger partial charge on any atom is 0.259 e. The summed E-state index contributed by atoms with van der Waals surface area (Å²) in [5.74, 6) is 1.05. The van der Waals surface area contributed by atoms with Gasteiger partial charge in [-0.05, 0) is 37.7 Å². The molecule has 0 aliphatic heterocycles. The zero-order chi connectivity index (χ0) is 20.1. The van der Waals surface area contributed by atoms with Gasteiger partial charge in [-0.15, -0.1) is 0 Å². The van der Waals surface area contributed by atoms with Gasteiger partial charge >= 0.3 is 0 Å². The third-order valence-corrected chi connectivity index (χ3v) is 4.88. The fourth-order valence-corrected chi connectivity index (χ4v) is 3.42. The van der Waals surface area contributed by atoms with Gasteiger partial charge in [0.15, 0.2) is 0 Å². The Morgan fingerprint density at radius 2 is 1.96 bits per heavy atom. The fraction of sp³-hybridized carbons (Fsp3) is 0.524. The van der Waals surface area contributed by atoms with Crippen LogP contribution in [-0.4, -0.2) is 33.2 Å². The number of nitrogens with zero attached hydrogens (tertiary/aromatic N) is 4. The van der Waals surface area contributed by atoms with Gasteiger partial charge in [0.1, 0.15) is 11.5 Å². The van der Waals surface area contributed by atoms with Gasteiger partial charge in [-0.1, -0.05) is 31.1 Å². The smallest absolute Gasteiger partial charge is 0.259 e. The normalized spacial score (nSPS) is 14.6. The lowest BCUT2D eigenvalue weighted by molar-refractivity contribution is 0.0783. The zero-order valence-electron chi connectivity index (χ0n) is 17.1. The molecule has 0 bridgehead atoms. The van der Waals surface area contributed by atoms with Gasteiger partial charge in [0.25, 0.3) is 11.6 Å². The Morgan fingerprint density at radius 3 is 2.57 bits per heavy atom. The molecule has 7 heteroatoms. The van der Waals surface area contributed by atoms with Gasteiger partial charge in [0.2, 0.25) is 0 Å². The van der Waals surface area contributed by atoms with E-state index in [4.69, 9.17) is 9.05 Å². The zero-order valence-corrected chi connectivity index (χ0v) is 17.1. The second-order valence-electron chi connectivity index (χ2n) is 9.01. The van der Waals surface area contributed by atoms with Crippen molar-refractivity contribution >= 4 is 17.0 Å². The molecule has 148 valence electrons. The number of carbonyl (C=O) groups excluding carboxylic acids is 1. The maximum atomic E-state index is 13.4. The standard InChI is InChI=1S/C21H26N4O3/c1-12-8-14(23-27-12)11-25(5)20(26)15-9-16(13-6-7-13)22-19-18(15)17(24-28-19)10-21(2,3)4/h8-9,13H,6-7,10-11H2,1-5H3. The SMILES string of the molecule is Cc1cc(CN(C)C(=O)c2cc(C3CC3)nc3onc(CC(C)(C)C)c23)no1. The summed E-state index contributed by atoms with van der Waals surface area (Å²) in [6.07, 6.45) is 2.91. The molecule has 0 unspecified atom stereocenters. The van der Waals surface area contributed by atoms with Crippen LogP contribution in [-0.2, 0) is 13.0 Å². The van der Waals surface area contributed by atoms with Crippen molar-refractivity contribution in [2.24, 2.45) is 5.41 Å². The number of rotatable bonds is 5. The van der Waals surface area contributed by atoms with Crippen LogP contribution in [0.3, 0.4) is 0 Å². The summed E-state index contributed by atoms with van der Waals surface area (Å²) in [4.78, 5) is 19.7. The van der Waals surface area contributed by atoms with Crippen molar-refractivity contribution in [1.82, 2.24) is 20.2 Å². The summed E-state index contributed by atoms with van der Waals surface area (Å²) in [5.41, 5.74) is 3.50. The third-order valence-electron chi connectivity index (χ3n) is 4.88. The first kappa shape index (κ1) is 18.7. The number of aromatic nitrogens is 3. The third kappa shape index (κ3) is 3.79. The molecule has 0 atom stereocenters. The molecule has 28 heavy (non-hydrogen) atoms. The Hall–Kier alpha value is -2.70. The van der Waals surface area contributed by atoms with Crippen LogP contribution in [0.4, 0.5) is 0 Å². The van der Waals surface area contributed by atoms with E-state index in [9.17, 15) is 4.79 Å².